The Morgan fingerprint density at radius 1 is 1.29 bits per heavy atom. The van der Waals surface area contributed by atoms with Crippen LogP contribution in [0.4, 0.5) is 0 Å². The number of nitrogens with one attached hydrogen (secondary N) is 1. The molecule has 5 heteroatoms. The maximum atomic E-state index is 11.8. The smallest absolute Gasteiger partial charge is 0.244 e. The summed E-state index contributed by atoms with van der Waals surface area (Å²) in [6.07, 6.45) is 0.839. The summed E-state index contributed by atoms with van der Waals surface area (Å²) in [6.45, 7) is 8.09. The predicted molar refractivity (Wildman–Crippen MR) is 68.3 cm³/mol. The largest absolute Gasteiger partial charge is 0.344 e. The highest BCUT2D eigenvalue weighted by Crippen LogP contribution is 2.05. The summed E-state index contributed by atoms with van der Waals surface area (Å²) in [6, 6.07) is -1.08. The number of carbonyl (C=O) groups excluding carboxylic acids is 2. The van der Waals surface area contributed by atoms with E-state index in [1.165, 1.54) is 0 Å². The molecule has 0 radical (unpaired) electrons. The normalized spacial score (nSPS) is 15.9. The Kier molecular flexibility index (Phi) is 6.80. The Balaban J connectivity index is 4.34. The molecule has 0 aliphatic heterocycles. The summed E-state index contributed by atoms with van der Waals surface area (Å²) >= 11 is 0. The fourth-order valence-electron chi connectivity index (χ4n) is 1.37. The van der Waals surface area contributed by atoms with Crippen molar-refractivity contribution in [2.24, 2.45) is 11.7 Å². The first-order chi connectivity index (χ1) is 7.84. The average molecular weight is 243 g/mol. The van der Waals surface area contributed by atoms with Gasteiger partial charge in [-0.15, -0.1) is 0 Å². The highest BCUT2D eigenvalue weighted by atomic mass is 16.2. The van der Waals surface area contributed by atoms with Gasteiger partial charge in [-0.05, 0) is 19.8 Å². The molecule has 0 spiro atoms. The topological polar surface area (TPSA) is 75.4 Å². The van der Waals surface area contributed by atoms with Gasteiger partial charge in [-0.2, -0.15) is 0 Å². The number of hydrogen-bond acceptors (Lipinski definition) is 3. The van der Waals surface area contributed by atoms with Gasteiger partial charge in [0.15, 0.2) is 0 Å². The van der Waals surface area contributed by atoms with Crippen molar-refractivity contribution in [2.75, 3.05) is 13.6 Å². The van der Waals surface area contributed by atoms with Crippen LogP contribution in [0.3, 0.4) is 0 Å². The van der Waals surface area contributed by atoms with Crippen LogP contribution in [0.2, 0.25) is 0 Å². The second-order valence-corrected chi connectivity index (χ2v) is 4.49. The summed E-state index contributed by atoms with van der Waals surface area (Å²) < 4.78 is 0. The van der Waals surface area contributed by atoms with Crippen LogP contribution in [0.1, 0.15) is 34.1 Å². The number of rotatable bonds is 6. The number of likely N-dealkylation sites (N-methyl/N-ethyl adjacent to an activating group) is 1. The second kappa shape index (κ2) is 7.27. The fourth-order valence-corrected chi connectivity index (χ4v) is 1.37. The lowest BCUT2D eigenvalue weighted by atomic mass is 9.99. The lowest BCUT2D eigenvalue weighted by Crippen LogP contribution is -2.52. The van der Waals surface area contributed by atoms with Crippen molar-refractivity contribution in [3.63, 3.8) is 0 Å². The van der Waals surface area contributed by atoms with Crippen LogP contribution in [0, 0.1) is 5.92 Å². The van der Waals surface area contributed by atoms with Crippen LogP contribution in [-0.4, -0.2) is 42.4 Å². The number of nitrogens with two attached hydrogens (primary N) is 1. The van der Waals surface area contributed by atoms with Crippen LogP contribution >= 0.6 is 0 Å². The molecule has 0 rings (SSSR count). The minimum absolute atomic E-state index is 0.0998. The number of amides is 2. The van der Waals surface area contributed by atoms with Gasteiger partial charge >= 0.3 is 0 Å². The molecule has 0 saturated heterocycles. The maximum absolute atomic E-state index is 11.8. The zero-order valence-electron chi connectivity index (χ0n) is 11.5. The molecule has 0 aromatic rings. The molecule has 3 atom stereocenters. The van der Waals surface area contributed by atoms with Crippen molar-refractivity contribution >= 4 is 11.8 Å². The molecule has 0 saturated carbocycles. The summed E-state index contributed by atoms with van der Waals surface area (Å²) in [5, 5.41) is 2.65. The molecule has 100 valence electrons. The Labute approximate surface area is 104 Å². The van der Waals surface area contributed by atoms with Crippen molar-refractivity contribution in [1.82, 2.24) is 10.2 Å². The van der Waals surface area contributed by atoms with Gasteiger partial charge in [-0.3, -0.25) is 9.59 Å². The highest BCUT2D eigenvalue weighted by molar-refractivity contribution is 5.89. The average Bonchev–Trinajstić information content (AvgIpc) is 2.34. The monoisotopic (exact) mass is 243 g/mol. The van der Waals surface area contributed by atoms with Gasteiger partial charge < -0.3 is 16.0 Å². The van der Waals surface area contributed by atoms with Gasteiger partial charge in [0.05, 0.1) is 6.04 Å². The Morgan fingerprint density at radius 2 is 1.82 bits per heavy atom. The summed E-state index contributed by atoms with van der Waals surface area (Å²) in [7, 11) is 1.71. The van der Waals surface area contributed by atoms with Crippen LogP contribution < -0.4 is 11.1 Å². The molecule has 1 unspecified atom stereocenters. The van der Waals surface area contributed by atoms with Crippen molar-refractivity contribution < 1.29 is 9.59 Å². The van der Waals surface area contributed by atoms with Gasteiger partial charge in [0, 0.05) is 13.6 Å². The second-order valence-electron chi connectivity index (χ2n) is 4.49. The molecule has 0 aliphatic rings. The van der Waals surface area contributed by atoms with E-state index in [4.69, 9.17) is 5.73 Å². The molecule has 0 heterocycles. The summed E-state index contributed by atoms with van der Waals surface area (Å²) in [4.78, 5) is 25.1. The molecule has 0 aromatic carbocycles. The van der Waals surface area contributed by atoms with Gasteiger partial charge in [0.1, 0.15) is 6.04 Å². The highest BCUT2D eigenvalue weighted by Gasteiger charge is 2.24. The first kappa shape index (κ1) is 15.9. The van der Waals surface area contributed by atoms with E-state index < -0.39 is 12.1 Å². The van der Waals surface area contributed by atoms with E-state index in [9.17, 15) is 9.59 Å². The molecule has 0 bridgehead atoms. The molecule has 0 aliphatic carbocycles. The molecule has 2 amide bonds. The van der Waals surface area contributed by atoms with Gasteiger partial charge in [0.25, 0.3) is 0 Å². The minimum atomic E-state index is -0.554. The van der Waals surface area contributed by atoms with E-state index in [0.29, 0.717) is 6.54 Å². The summed E-state index contributed by atoms with van der Waals surface area (Å²) in [5.41, 5.74) is 5.79. The third-order valence-corrected chi connectivity index (χ3v) is 3.14. The van der Waals surface area contributed by atoms with Crippen molar-refractivity contribution in [1.29, 1.82) is 0 Å². The maximum Gasteiger partial charge on any atom is 0.244 e. The zero-order chi connectivity index (χ0) is 13.6. The number of carbonyl (C=O) groups is 2. The van der Waals surface area contributed by atoms with E-state index >= 15 is 0 Å². The van der Waals surface area contributed by atoms with Crippen molar-refractivity contribution in [3.05, 3.63) is 0 Å². The van der Waals surface area contributed by atoms with Crippen LogP contribution in [0.25, 0.3) is 0 Å². The minimum Gasteiger partial charge on any atom is -0.344 e. The van der Waals surface area contributed by atoms with E-state index in [1.54, 1.807) is 18.9 Å². The standard InChI is InChI=1S/C12H25N3O2/c1-6-8(3)10(13)11(16)14-9(4)12(17)15(5)7-2/h8-10H,6-7,13H2,1-5H3,(H,14,16)/t8-,9?,10-/m0/s1. The number of nitrogens with zero attached hydrogens (tertiary/aromatic N) is 1. The first-order valence-corrected chi connectivity index (χ1v) is 6.16. The molecular formula is C12H25N3O2. The molecule has 17 heavy (non-hydrogen) atoms. The SMILES string of the molecule is CC[C@H](C)[C@H](N)C(=O)NC(C)C(=O)N(C)CC. The predicted octanol–water partition coefficient (Wildman–Crippen LogP) is 0.343. The summed E-state index contributed by atoms with van der Waals surface area (Å²) in [5.74, 6) is -0.247. The third-order valence-electron chi connectivity index (χ3n) is 3.14. The van der Waals surface area contributed by atoms with Crippen LogP contribution in [0.15, 0.2) is 0 Å². The van der Waals surface area contributed by atoms with Crippen molar-refractivity contribution in [3.8, 4) is 0 Å². The zero-order valence-corrected chi connectivity index (χ0v) is 11.5. The molecule has 5 nitrogen and oxygen atoms in total. The fraction of sp³-hybridized carbons (Fsp3) is 0.833. The Bertz CT molecular complexity index is 268. The van der Waals surface area contributed by atoms with Crippen molar-refractivity contribution in [2.45, 2.75) is 46.2 Å². The molecule has 3 N–H and O–H groups in total. The van der Waals surface area contributed by atoms with Crippen LogP contribution in [0.5, 0.6) is 0 Å². The van der Waals surface area contributed by atoms with Gasteiger partial charge in [0.2, 0.25) is 11.8 Å². The first-order valence-electron chi connectivity index (χ1n) is 6.16. The Hall–Kier alpha value is -1.10. The van der Waals surface area contributed by atoms with Gasteiger partial charge in [-0.25, -0.2) is 0 Å². The quantitative estimate of drug-likeness (QED) is 0.706. The molecule has 0 aromatic heterocycles. The van der Waals surface area contributed by atoms with E-state index in [0.717, 1.165) is 6.42 Å². The lowest BCUT2D eigenvalue weighted by Gasteiger charge is -2.23. The molecular weight excluding hydrogens is 218 g/mol. The van der Waals surface area contributed by atoms with E-state index in [1.807, 2.05) is 20.8 Å². The Morgan fingerprint density at radius 3 is 2.24 bits per heavy atom. The number of hydrogen-bond donors (Lipinski definition) is 2. The third kappa shape index (κ3) is 4.73. The van der Waals surface area contributed by atoms with E-state index in [-0.39, 0.29) is 17.7 Å². The van der Waals surface area contributed by atoms with Gasteiger partial charge in [-0.1, -0.05) is 20.3 Å². The molecule has 0 fully saturated rings. The van der Waals surface area contributed by atoms with E-state index in [2.05, 4.69) is 5.32 Å². The van der Waals surface area contributed by atoms with Crippen LogP contribution in [-0.2, 0) is 9.59 Å². The lowest BCUT2D eigenvalue weighted by molar-refractivity contribution is -0.135.